The quantitative estimate of drug-likeness (QED) is 0.798. The van der Waals surface area contributed by atoms with Gasteiger partial charge in [-0.3, -0.25) is 0 Å². The van der Waals surface area contributed by atoms with E-state index < -0.39 is 0 Å². The first kappa shape index (κ1) is 13.5. The van der Waals surface area contributed by atoms with Crippen LogP contribution in [0, 0.1) is 6.92 Å². The molecule has 0 amide bonds. The van der Waals surface area contributed by atoms with Gasteiger partial charge in [-0.15, -0.1) is 0 Å². The summed E-state index contributed by atoms with van der Waals surface area (Å²) in [6.45, 7) is 7.33. The Morgan fingerprint density at radius 3 is 2.37 bits per heavy atom. The van der Waals surface area contributed by atoms with E-state index in [0.29, 0.717) is 5.92 Å². The lowest BCUT2D eigenvalue weighted by atomic mass is 10.0. The molecule has 100 valence electrons. The van der Waals surface area contributed by atoms with E-state index in [1.54, 1.807) is 0 Å². The van der Waals surface area contributed by atoms with E-state index >= 15 is 0 Å². The summed E-state index contributed by atoms with van der Waals surface area (Å²) in [7, 11) is 0. The molecule has 2 aromatic carbocycles. The van der Waals surface area contributed by atoms with Gasteiger partial charge in [0.05, 0.1) is 0 Å². The Morgan fingerprint density at radius 1 is 1.05 bits per heavy atom. The molecule has 2 aromatic rings. The third-order valence-corrected chi connectivity index (χ3v) is 3.39. The number of nitrogen functional groups attached to an aromatic ring is 1. The Labute approximate surface area is 115 Å². The molecule has 0 aliphatic heterocycles. The molecule has 19 heavy (non-hydrogen) atoms. The molecule has 0 aliphatic rings. The number of hydrogen-bond acceptors (Lipinski definition) is 2. The molecule has 0 aromatic heterocycles. The van der Waals surface area contributed by atoms with Gasteiger partial charge in [0.25, 0.3) is 0 Å². The van der Waals surface area contributed by atoms with Gasteiger partial charge in [0, 0.05) is 17.9 Å². The minimum atomic E-state index is 0.582. The molecule has 0 spiro atoms. The van der Waals surface area contributed by atoms with Gasteiger partial charge in [0.15, 0.2) is 0 Å². The highest BCUT2D eigenvalue weighted by atomic mass is 14.9. The van der Waals surface area contributed by atoms with Crippen LogP contribution < -0.4 is 11.1 Å². The lowest BCUT2D eigenvalue weighted by Gasteiger charge is -2.11. The monoisotopic (exact) mass is 254 g/mol. The molecule has 0 atom stereocenters. The SMILES string of the molecule is Cc1ccc(N)cc1NCc1ccc(C(C)C)cc1. The summed E-state index contributed by atoms with van der Waals surface area (Å²) >= 11 is 0. The number of aryl methyl sites for hydroxylation is 1. The summed E-state index contributed by atoms with van der Waals surface area (Å²) in [6.07, 6.45) is 0. The van der Waals surface area contributed by atoms with Crippen LogP contribution in [0.25, 0.3) is 0 Å². The van der Waals surface area contributed by atoms with E-state index in [9.17, 15) is 0 Å². The predicted octanol–water partition coefficient (Wildman–Crippen LogP) is 4.31. The lowest BCUT2D eigenvalue weighted by Crippen LogP contribution is -2.02. The minimum Gasteiger partial charge on any atom is -0.399 e. The molecule has 2 rings (SSSR count). The highest BCUT2D eigenvalue weighted by Crippen LogP contribution is 2.20. The topological polar surface area (TPSA) is 38.0 Å². The Balaban J connectivity index is 2.04. The molecule has 0 fully saturated rings. The van der Waals surface area contributed by atoms with Crippen molar-refractivity contribution in [2.45, 2.75) is 33.2 Å². The molecular formula is C17H22N2. The van der Waals surface area contributed by atoms with Crippen LogP contribution in [0.15, 0.2) is 42.5 Å². The van der Waals surface area contributed by atoms with Crippen molar-refractivity contribution >= 4 is 11.4 Å². The van der Waals surface area contributed by atoms with Crippen LogP contribution >= 0.6 is 0 Å². The van der Waals surface area contributed by atoms with Gasteiger partial charge in [0.2, 0.25) is 0 Å². The highest BCUT2D eigenvalue weighted by molar-refractivity contribution is 5.59. The van der Waals surface area contributed by atoms with Gasteiger partial charge in [-0.25, -0.2) is 0 Å². The maximum atomic E-state index is 5.81. The van der Waals surface area contributed by atoms with Crippen LogP contribution in [0.4, 0.5) is 11.4 Å². The smallest absolute Gasteiger partial charge is 0.0400 e. The van der Waals surface area contributed by atoms with E-state index in [2.05, 4.69) is 50.4 Å². The van der Waals surface area contributed by atoms with Crippen molar-refractivity contribution in [1.29, 1.82) is 0 Å². The van der Waals surface area contributed by atoms with Crippen molar-refractivity contribution in [3.05, 3.63) is 59.2 Å². The standard InChI is InChI=1S/C17H22N2/c1-12(2)15-7-5-14(6-8-15)11-19-17-10-16(18)9-4-13(17)3/h4-10,12,19H,11,18H2,1-3H3. The van der Waals surface area contributed by atoms with Crippen molar-refractivity contribution in [1.82, 2.24) is 0 Å². The first-order valence-electron chi connectivity index (χ1n) is 6.75. The van der Waals surface area contributed by atoms with Crippen LogP contribution in [0.2, 0.25) is 0 Å². The molecule has 0 aliphatic carbocycles. The predicted molar refractivity (Wildman–Crippen MR) is 83.4 cm³/mol. The van der Waals surface area contributed by atoms with E-state index in [1.807, 2.05) is 18.2 Å². The van der Waals surface area contributed by atoms with E-state index in [1.165, 1.54) is 16.7 Å². The van der Waals surface area contributed by atoms with Crippen molar-refractivity contribution in [3.63, 3.8) is 0 Å². The van der Waals surface area contributed by atoms with Gasteiger partial charge in [0.1, 0.15) is 0 Å². The minimum absolute atomic E-state index is 0.582. The maximum absolute atomic E-state index is 5.81. The molecule has 0 heterocycles. The fourth-order valence-corrected chi connectivity index (χ4v) is 2.05. The third-order valence-electron chi connectivity index (χ3n) is 3.39. The molecule has 2 heteroatoms. The Morgan fingerprint density at radius 2 is 1.74 bits per heavy atom. The van der Waals surface area contributed by atoms with Gasteiger partial charge < -0.3 is 11.1 Å². The first-order valence-corrected chi connectivity index (χ1v) is 6.75. The van der Waals surface area contributed by atoms with E-state index in [-0.39, 0.29) is 0 Å². The normalized spacial score (nSPS) is 10.7. The van der Waals surface area contributed by atoms with Gasteiger partial charge in [-0.2, -0.15) is 0 Å². The molecule has 2 nitrogen and oxygen atoms in total. The summed E-state index contributed by atoms with van der Waals surface area (Å²) in [5.41, 5.74) is 11.6. The van der Waals surface area contributed by atoms with Crippen molar-refractivity contribution in [2.24, 2.45) is 0 Å². The summed E-state index contributed by atoms with van der Waals surface area (Å²) in [5, 5.41) is 3.44. The van der Waals surface area contributed by atoms with Crippen LogP contribution in [-0.2, 0) is 6.54 Å². The Hall–Kier alpha value is -1.96. The van der Waals surface area contributed by atoms with Crippen molar-refractivity contribution in [2.75, 3.05) is 11.1 Å². The number of nitrogens with two attached hydrogens (primary N) is 1. The molecule has 0 bridgehead atoms. The maximum Gasteiger partial charge on any atom is 0.0400 e. The van der Waals surface area contributed by atoms with E-state index in [4.69, 9.17) is 5.73 Å². The van der Waals surface area contributed by atoms with Crippen LogP contribution in [0.5, 0.6) is 0 Å². The number of anilines is 2. The van der Waals surface area contributed by atoms with Crippen molar-refractivity contribution in [3.8, 4) is 0 Å². The largest absolute Gasteiger partial charge is 0.399 e. The Kier molecular flexibility index (Phi) is 4.10. The van der Waals surface area contributed by atoms with Crippen molar-refractivity contribution < 1.29 is 0 Å². The second kappa shape index (κ2) is 5.79. The molecular weight excluding hydrogens is 232 g/mol. The summed E-state index contributed by atoms with van der Waals surface area (Å²) < 4.78 is 0. The highest BCUT2D eigenvalue weighted by Gasteiger charge is 2.01. The van der Waals surface area contributed by atoms with Crippen LogP contribution in [0.3, 0.4) is 0 Å². The summed E-state index contributed by atoms with van der Waals surface area (Å²) in [4.78, 5) is 0. The fourth-order valence-electron chi connectivity index (χ4n) is 2.05. The average molecular weight is 254 g/mol. The van der Waals surface area contributed by atoms with Gasteiger partial charge in [-0.05, 0) is 41.7 Å². The molecule has 0 radical (unpaired) electrons. The Bertz CT molecular complexity index is 542. The zero-order chi connectivity index (χ0) is 13.8. The van der Waals surface area contributed by atoms with Crippen LogP contribution in [0.1, 0.15) is 36.5 Å². The molecule has 0 saturated heterocycles. The summed E-state index contributed by atoms with van der Waals surface area (Å²) in [6, 6.07) is 14.7. The third kappa shape index (κ3) is 3.50. The lowest BCUT2D eigenvalue weighted by molar-refractivity contribution is 0.865. The second-order valence-corrected chi connectivity index (χ2v) is 5.32. The average Bonchev–Trinajstić information content (AvgIpc) is 2.40. The number of hydrogen-bond donors (Lipinski definition) is 2. The number of rotatable bonds is 4. The summed E-state index contributed by atoms with van der Waals surface area (Å²) in [5.74, 6) is 0.582. The van der Waals surface area contributed by atoms with Gasteiger partial charge in [-0.1, -0.05) is 44.2 Å². The number of benzene rings is 2. The zero-order valence-electron chi connectivity index (χ0n) is 11.9. The van der Waals surface area contributed by atoms with Crippen LogP contribution in [-0.4, -0.2) is 0 Å². The van der Waals surface area contributed by atoms with E-state index in [0.717, 1.165) is 17.9 Å². The molecule has 0 saturated carbocycles. The van der Waals surface area contributed by atoms with Gasteiger partial charge >= 0.3 is 0 Å². The molecule has 0 unspecified atom stereocenters. The first-order chi connectivity index (χ1) is 9.06. The second-order valence-electron chi connectivity index (χ2n) is 5.32. The number of nitrogens with one attached hydrogen (secondary N) is 1. The fraction of sp³-hybridized carbons (Fsp3) is 0.294. The molecule has 3 N–H and O–H groups in total. The zero-order valence-corrected chi connectivity index (χ0v) is 11.9.